The fourth-order valence-electron chi connectivity index (χ4n) is 3.71. The lowest BCUT2D eigenvalue weighted by Crippen LogP contribution is -2.43. The topological polar surface area (TPSA) is 63.7 Å². The van der Waals surface area contributed by atoms with Crippen LogP contribution in [0.3, 0.4) is 0 Å². The van der Waals surface area contributed by atoms with Crippen molar-refractivity contribution in [1.29, 1.82) is 0 Å². The van der Waals surface area contributed by atoms with E-state index in [1.54, 1.807) is 16.4 Å². The van der Waals surface area contributed by atoms with Crippen LogP contribution in [0.15, 0.2) is 47.4 Å². The third-order valence-electron chi connectivity index (χ3n) is 5.06. The van der Waals surface area contributed by atoms with Crippen LogP contribution in [0.2, 0.25) is 0 Å². The van der Waals surface area contributed by atoms with Crippen molar-refractivity contribution in [2.45, 2.75) is 49.5 Å². The molecule has 5 nitrogen and oxygen atoms in total. The van der Waals surface area contributed by atoms with Crippen molar-refractivity contribution in [3.63, 3.8) is 0 Å². The molecule has 140 valence electrons. The molecule has 0 saturated carbocycles. The summed E-state index contributed by atoms with van der Waals surface area (Å²) in [5.74, 6) is -0.246. The molecule has 2 aromatic rings. The molecule has 0 amide bonds. The van der Waals surface area contributed by atoms with E-state index in [9.17, 15) is 13.2 Å². The first kappa shape index (κ1) is 18.9. The zero-order valence-corrected chi connectivity index (χ0v) is 15.9. The molecule has 0 radical (unpaired) electrons. The second kappa shape index (κ2) is 8.18. The summed E-state index contributed by atoms with van der Waals surface area (Å²) in [6.45, 7) is 0.536. The molecule has 1 heterocycles. The van der Waals surface area contributed by atoms with Gasteiger partial charge in [0.1, 0.15) is 0 Å². The Hall–Kier alpha value is -1.92. The summed E-state index contributed by atoms with van der Waals surface area (Å²) in [6.07, 6.45) is 4.38. The van der Waals surface area contributed by atoms with Gasteiger partial charge in [-0.25, -0.2) is 8.42 Å². The summed E-state index contributed by atoms with van der Waals surface area (Å²) in [7, 11) is -2.20. The molecule has 1 unspecified atom stereocenters. The molecule has 1 fully saturated rings. The van der Waals surface area contributed by atoms with Crippen molar-refractivity contribution >= 4 is 26.8 Å². The highest BCUT2D eigenvalue weighted by molar-refractivity contribution is 7.89. The summed E-state index contributed by atoms with van der Waals surface area (Å²) in [5, 5.41) is 1.68. The van der Waals surface area contributed by atoms with Gasteiger partial charge in [0.05, 0.1) is 12.0 Å². The van der Waals surface area contributed by atoms with Gasteiger partial charge in [-0.1, -0.05) is 42.8 Å². The first-order valence-corrected chi connectivity index (χ1v) is 10.5. The van der Waals surface area contributed by atoms with Gasteiger partial charge < -0.3 is 4.74 Å². The molecule has 2 aromatic carbocycles. The molecule has 1 aliphatic heterocycles. The number of methoxy groups -OCH3 is 1. The smallest absolute Gasteiger partial charge is 0.305 e. The Morgan fingerprint density at radius 1 is 1.15 bits per heavy atom. The van der Waals surface area contributed by atoms with Crippen LogP contribution < -0.4 is 0 Å². The van der Waals surface area contributed by atoms with Crippen molar-refractivity contribution < 1.29 is 17.9 Å². The van der Waals surface area contributed by atoms with E-state index in [1.165, 1.54) is 7.11 Å². The van der Waals surface area contributed by atoms with Crippen LogP contribution in [0.1, 0.15) is 38.5 Å². The zero-order valence-electron chi connectivity index (χ0n) is 15.1. The molecule has 0 aromatic heterocycles. The Bertz CT molecular complexity index is 873. The van der Waals surface area contributed by atoms with Crippen molar-refractivity contribution in [1.82, 2.24) is 4.31 Å². The van der Waals surface area contributed by atoms with Crippen molar-refractivity contribution in [3.8, 4) is 0 Å². The Kier molecular flexibility index (Phi) is 5.94. The van der Waals surface area contributed by atoms with E-state index in [1.807, 2.05) is 30.3 Å². The van der Waals surface area contributed by atoms with E-state index in [0.717, 1.165) is 30.0 Å². The first-order valence-electron chi connectivity index (χ1n) is 9.10. The van der Waals surface area contributed by atoms with E-state index in [0.29, 0.717) is 30.7 Å². The molecule has 1 saturated heterocycles. The van der Waals surface area contributed by atoms with Gasteiger partial charge in [0.2, 0.25) is 10.0 Å². The number of sulfonamides is 1. The average Bonchev–Trinajstić information content (AvgIpc) is 2.67. The van der Waals surface area contributed by atoms with Crippen LogP contribution in [0, 0.1) is 0 Å². The number of rotatable bonds is 6. The number of ether oxygens (including phenoxy) is 1. The third kappa shape index (κ3) is 3.91. The molecule has 3 rings (SSSR count). The second-order valence-corrected chi connectivity index (χ2v) is 8.57. The minimum atomic E-state index is -3.58. The standard InChI is InChI=1S/C20H25NO4S/c1-25-20(22)14-7-11-17-10-4-5-15-21(17)26(23,24)19-13-6-9-16-8-2-3-12-18(16)19/h2-3,6,8-9,12-13,17H,4-5,7,10-11,14-15H2,1H3. The number of benzene rings is 2. The number of carbonyl (C=O) groups excluding carboxylic acids is 1. The van der Waals surface area contributed by atoms with Crippen LogP contribution in [0.25, 0.3) is 10.8 Å². The molecule has 0 spiro atoms. The fourth-order valence-corrected chi connectivity index (χ4v) is 5.65. The number of esters is 1. The Morgan fingerprint density at radius 3 is 2.73 bits per heavy atom. The highest BCUT2D eigenvalue weighted by Gasteiger charge is 2.34. The van der Waals surface area contributed by atoms with Crippen LogP contribution in [0.5, 0.6) is 0 Å². The van der Waals surface area contributed by atoms with Crippen molar-refractivity contribution in [2.75, 3.05) is 13.7 Å². The van der Waals surface area contributed by atoms with Gasteiger partial charge in [0.15, 0.2) is 0 Å². The lowest BCUT2D eigenvalue weighted by Gasteiger charge is -2.35. The normalized spacial score (nSPS) is 18.7. The van der Waals surface area contributed by atoms with Crippen LogP contribution in [-0.2, 0) is 19.6 Å². The van der Waals surface area contributed by atoms with Crippen LogP contribution in [0.4, 0.5) is 0 Å². The largest absolute Gasteiger partial charge is 0.469 e. The molecule has 6 heteroatoms. The minimum Gasteiger partial charge on any atom is -0.469 e. The SMILES string of the molecule is COC(=O)CCCC1CCCCN1S(=O)(=O)c1cccc2ccccc12. The number of nitrogens with zero attached hydrogens (tertiary/aromatic N) is 1. The summed E-state index contributed by atoms with van der Waals surface area (Å²) >= 11 is 0. The molecule has 26 heavy (non-hydrogen) atoms. The number of hydrogen-bond acceptors (Lipinski definition) is 4. The van der Waals surface area contributed by atoms with Crippen LogP contribution in [-0.4, -0.2) is 38.4 Å². The zero-order chi connectivity index (χ0) is 18.6. The van der Waals surface area contributed by atoms with Crippen LogP contribution >= 0.6 is 0 Å². The number of hydrogen-bond donors (Lipinski definition) is 0. The summed E-state index contributed by atoms with van der Waals surface area (Å²) in [5.41, 5.74) is 0. The predicted octanol–water partition coefficient (Wildman–Crippen LogP) is 3.73. The quantitative estimate of drug-likeness (QED) is 0.722. The lowest BCUT2D eigenvalue weighted by molar-refractivity contribution is -0.140. The maximum atomic E-state index is 13.4. The van der Waals surface area contributed by atoms with Gasteiger partial charge in [-0.05, 0) is 37.1 Å². The second-order valence-electron chi connectivity index (χ2n) is 6.71. The molecule has 0 aliphatic carbocycles. The van der Waals surface area contributed by atoms with Gasteiger partial charge >= 0.3 is 5.97 Å². The van der Waals surface area contributed by atoms with Gasteiger partial charge in [0.25, 0.3) is 0 Å². The van der Waals surface area contributed by atoms with E-state index in [4.69, 9.17) is 0 Å². The Morgan fingerprint density at radius 2 is 1.92 bits per heavy atom. The Labute approximate surface area is 155 Å². The number of piperidine rings is 1. The number of fused-ring (bicyclic) bond motifs is 1. The Balaban J connectivity index is 1.87. The van der Waals surface area contributed by atoms with E-state index in [-0.39, 0.29) is 12.0 Å². The van der Waals surface area contributed by atoms with Gasteiger partial charge in [0, 0.05) is 24.4 Å². The first-order chi connectivity index (χ1) is 12.5. The highest BCUT2D eigenvalue weighted by Crippen LogP contribution is 2.31. The van der Waals surface area contributed by atoms with Crippen molar-refractivity contribution in [3.05, 3.63) is 42.5 Å². The maximum Gasteiger partial charge on any atom is 0.305 e. The van der Waals surface area contributed by atoms with Crippen molar-refractivity contribution in [2.24, 2.45) is 0 Å². The van der Waals surface area contributed by atoms with E-state index < -0.39 is 10.0 Å². The fraction of sp³-hybridized carbons (Fsp3) is 0.450. The predicted molar refractivity (Wildman–Crippen MR) is 101 cm³/mol. The van der Waals surface area contributed by atoms with E-state index >= 15 is 0 Å². The molecule has 1 atom stereocenters. The number of carbonyl (C=O) groups is 1. The average molecular weight is 375 g/mol. The lowest BCUT2D eigenvalue weighted by atomic mass is 10.00. The monoisotopic (exact) mass is 375 g/mol. The molecule has 0 N–H and O–H groups in total. The molecule has 1 aliphatic rings. The molecule has 0 bridgehead atoms. The summed E-state index contributed by atoms with van der Waals surface area (Å²) in [6, 6.07) is 12.9. The molecular weight excluding hydrogens is 350 g/mol. The summed E-state index contributed by atoms with van der Waals surface area (Å²) in [4.78, 5) is 11.7. The third-order valence-corrected chi connectivity index (χ3v) is 7.07. The van der Waals surface area contributed by atoms with E-state index in [2.05, 4.69) is 4.74 Å². The summed E-state index contributed by atoms with van der Waals surface area (Å²) < 4.78 is 33.1. The van der Waals surface area contributed by atoms with Gasteiger partial charge in [-0.3, -0.25) is 4.79 Å². The van der Waals surface area contributed by atoms with Gasteiger partial charge in [-0.2, -0.15) is 4.31 Å². The highest BCUT2D eigenvalue weighted by atomic mass is 32.2. The molecular formula is C20H25NO4S. The van der Waals surface area contributed by atoms with Gasteiger partial charge in [-0.15, -0.1) is 0 Å². The maximum absolute atomic E-state index is 13.4. The minimum absolute atomic E-state index is 0.0580.